The summed E-state index contributed by atoms with van der Waals surface area (Å²) in [6.45, 7) is 6.85. The first-order chi connectivity index (χ1) is 9.20. The van der Waals surface area contributed by atoms with Gasteiger partial charge in [0.05, 0.1) is 0 Å². The minimum atomic E-state index is 0.387. The zero-order valence-corrected chi connectivity index (χ0v) is 12.8. The van der Waals surface area contributed by atoms with Crippen LogP contribution >= 0.6 is 0 Å². The molecule has 2 aliphatic rings. The van der Waals surface area contributed by atoms with E-state index in [2.05, 4.69) is 19.2 Å². The average Bonchev–Trinajstić information content (AvgIpc) is 2.48. The van der Waals surface area contributed by atoms with Crippen LogP contribution in [0.1, 0.15) is 65.2 Å². The molecule has 19 heavy (non-hydrogen) atoms. The minimum Gasteiger partial charge on any atom is -0.316 e. The largest absolute Gasteiger partial charge is 0.316 e. The molecule has 0 aromatic carbocycles. The first-order valence-corrected chi connectivity index (χ1v) is 8.44. The summed E-state index contributed by atoms with van der Waals surface area (Å²) < 4.78 is 0. The third-order valence-corrected chi connectivity index (χ3v) is 5.48. The maximum atomic E-state index is 12.5. The second-order valence-electron chi connectivity index (χ2n) is 6.89. The highest BCUT2D eigenvalue weighted by atomic mass is 16.1. The molecule has 1 aliphatic carbocycles. The molecule has 2 rings (SSSR count). The summed E-state index contributed by atoms with van der Waals surface area (Å²) in [4.78, 5) is 12.5. The van der Waals surface area contributed by atoms with Crippen molar-refractivity contribution in [3.8, 4) is 0 Å². The molecule has 4 unspecified atom stereocenters. The van der Waals surface area contributed by atoms with E-state index in [0.717, 1.165) is 37.8 Å². The number of piperidine rings is 1. The lowest BCUT2D eigenvalue weighted by molar-refractivity contribution is -0.125. The van der Waals surface area contributed by atoms with Crippen molar-refractivity contribution in [2.75, 3.05) is 13.1 Å². The molecule has 0 amide bonds. The zero-order valence-electron chi connectivity index (χ0n) is 12.8. The summed E-state index contributed by atoms with van der Waals surface area (Å²) in [5.41, 5.74) is 0. The Morgan fingerprint density at radius 3 is 2.79 bits per heavy atom. The SMILES string of the molecule is CCC1CCCC(C(=O)CC(C)C2CCCNC2)C1. The zero-order chi connectivity index (χ0) is 13.7. The van der Waals surface area contributed by atoms with Crippen LogP contribution < -0.4 is 5.32 Å². The molecule has 110 valence electrons. The lowest BCUT2D eigenvalue weighted by Gasteiger charge is -2.31. The number of nitrogens with one attached hydrogen (secondary N) is 1. The predicted octanol–water partition coefficient (Wildman–Crippen LogP) is 3.80. The maximum Gasteiger partial charge on any atom is 0.136 e. The van der Waals surface area contributed by atoms with E-state index in [0.29, 0.717) is 17.6 Å². The van der Waals surface area contributed by atoms with Gasteiger partial charge in [0.1, 0.15) is 5.78 Å². The van der Waals surface area contributed by atoms with Crippen LogP contribution in [0.25, 0.3) is 0 Å². The van der Waals surface area contributed by atoms with Gasteiger partial charge in [-0.2, -0.15) is 0 Å². The Hall–Kier alpha value is -0.370. The summed E-state index contributed by atoms with van der Waals surface area (Å²) >= 11 is 0. The number of hydrogen-bond acceptors (Lipinski definition) is 2. The van der Waals surface area contributed by atoms with Crippen molar-refractivity contribution in [1.29, 1.82) is 0 Å². The molecule has 1 saturated heterocycles. The van der Waals surface area contributed by atoms with Crippen molar-refractivity contribution in [2.45, 2.75) is 65.2 Å². The fourth-order valence-corrected chi connectivity index (χ4v) is 3.97. The van der Waals surface area contributed by atoms with Gasteiger partial charge in [0.2, 0.25) is 0 Å². The van der Waals surface area contributed by atoms with E-state index < -0.39 is 0 Å². The van der Waals surface area contributed by atoms with E-state index in [1.165, 1.54) is 38.5 Å². The van der Waals surface area contributed by atoms with E-state index in [-0.39, 0.29) is 0 Å². The van der Waals surface area contributed by atoms with Crippen molar-refractivity contribution < 1.29 is 4.79 Å². The lowest BCUT2D eigenvalue weighted by Crippen LogP contribution is -2.35. The highest BCUT2D eigenvalue weighted by Gasteiger charge is 2.29. The van der Waals surface area contributed by atoms with Crippen molar-refractivity contribution in [1.82, 2.24) is 5.32 Å². The van der Waals surface area contributed by atoms with Gasteiger partial charge in [-0.1, -0.05) is 33.1 Å². The molecule has 0 aromatic rings. The van der Waals surface area contributed by atoms with E-state index in [1.807, 2.05) is 0 Å². The molecular formula is C17H31NO. The fraction of sp³-hybridized carbons (Fsp3) is 0.941. The van der Waals surface area contributed by atoms with Crippen LogP contribution in [0.3, 0.4) is 0 Å². The van der Waals surface area contributed by atoms with Gasteiger partial charge in [0.15, 0.2) is 0 Å². The van der Waals surface area contributed by atoms with Gasteiger partial charge in [-0.25, -0.2) is 0 Å². The highest BCUT2D eigenvalue weighted by molar-refractivity contribution is 5.81. The van der Waals surface area contributed by atoms with E-state index >= 15 is 0 Å². The minimum absolute atomic E-state index is 0.387. The van der Waals surface area contributed by atoms with Crippen LogP contribution in [0.2, 0.25) is 0 Å². The van der Waals surface area contributed by atoms with Crippen molar-refractivity contribution in [2.24, 2.45) is 23.7 Å². The van der Waals surface area contributed by atoms with Crippen molar-refractivity contribution >= 4 is 5.78 Å². The quantitative estimate of drug-likeness (QED) is 0.819. The van der Waals surface area contributed by atoms with Crippen LogP contribution in [0.5, 0.6) is 0 Å². The first kappa shape index (κ1) is 15.0. The van der Waals surface area contributed by atoms with Crippen LogP contribution in [-0.4, -0.2) is 18.9 Å². The molecular weight excluding hydrogens is 234 g/mol. The monoisotopic (exact) mass is 265 g/mol. The molecule has 2 nitrogen and oxygen atoms in total. The fourth-order valence-electron chi connectivity index (χ4n) is 3.97. The van der Waals surface area contributed by atoms with Crippen LogP contribution in [0.15, 0.2) is 0 Å². The van der Waals surface area contributed by atoms with Gasteiger partial charge in [0, 0.05) is 12.3 Å². The van der Waals surface area contributed by atoms with Crippen molar-refractivity contribution in [3.05, 3.63) is 0 Å². The molecule has 2 fully saturated rings. The second-order valence-corrected chi connectivity index (χ2v) is 6.89. The van der Waals surface area contributed by atoms with E-state index in [4.69, 9.17) is 0 Å². The van der Waals surface area contributed by atoms with Gasteiger partial charge in [-0.05, 0) is 56.5 Å². The molecule has 1 N–H and O–H groups in total. The normalized spacial score (nSPS) is 33.9. The molecule has 1 saturated carbocycles. The summed E-state index contributed by atoms with van der Waals surface area (Å²) in [6, 6.07) is 0. The Morgan fingerprint density at radius 2 is 2.11 bits per heavy atom. The number of rotatable bonds is 5. The lowest BCUT2D eigenvalue weighted by atomic mass is 9.75. The molecule has 0 aromatic heterocycles. The van der Waals surface area contributed by atoms with E-state index in [9.17, 15) is 4.79 Å². The van der Waals surface area contributed by atoms with Gasteiger partial charge in [0.25, 0.3) is 0 Å². The Labute approximate surface area is 118 Å². The molecule has 1 aliphatic heterocycles. The molecule has 0 bridgehead atoms. The number of Topliss-reactive ketones (excluding diaryl/α,β-unsaturated/α-hetero) is 1. The van der Waals surface area contributed by atoms with Gasteiger partial charge in [-0.15, -0.1) is 0 Å². The summed E-state index contributed by atoms with van der Waals surface area (Å²) in [5, 5.41) is 3.47. The van der Waals surface area contributed by atoms with Crippen molar-refractivity contribution in [3.63, 3.8) is 0 Å². The number of ketones is 1. The third-order valence-electron chi connectivity index (χ3n) is 5.48. The standard InChI is InChI=1S/C17H31NO/c1-3-14-6-4-7-15(11-14)17(19)10-13(2)16-8-5-9-18-12-16/h13-16,18H,3-12H2,1-2H3. The average molecular weight is 265 g/mol. The Bertz CT molecular complexity index is 283. The van der Waals surface area contributed by atoms with Gasteiger partial charge < -0.3 is 5.32 Å². The first-order valence-electron chi connectivity index (χ1n) is 8.44. The van der Waals surface area contributed by atoms with Gasteiger partial charge in [-0.3, -0.25) is 4.79 Å². The summed E-state index contributed by atoms with van der Waals surface area (Å²) in [6.07, 6.45) is 9.63. The predicted molar refractivity (Wildman–Crippen MR) is 80.1 cm³/mol. The topological polar surface area (TPSA) is 29.1 Å². The van der Waals surface area contributed by atoms with Crippen LogP contribution in [-0.2, 0) is 4.79 Å². The third kappa shape index (κ3) is 4.30. The molecule has 2 heteroatoms. The number of carbonyl (C=O) groups is 1. The summed E-state index contributed by atoms with van der Waals surface area (Å²) in [5.74, 6) is 3.06. The maximum absolute atomic E-state index is 12.5. The van der Waals surface area contributed by atoms with Crippen LogP contribution in [0, 0.1) is 23.7 Å². The Kier molecular flexibility index (Phi) is 5.87. The Morgan fingerprint density at radius 1 is 1.26 bits per heavy atom. The smallest absolute Gasteiger partial charge is 0.136 e. The second kappa shape index (κ2) is 7.42. The molecule has 0 spiro atoms. The highest BCUT2D eigenvalue weighted by Crippen LogP contribution is 2.33. The summed E-state index contributed by atoms with van der Waals surface area (Å²) in [7, 11) is 0. The molecule has 0 radical (unpaired) electrons. The van der Waals surface area contributed by atoms with Crippen LogP contribution in [0.4, 0.5) is 0 Å². The van der Waals surface area contributed by atoms with E-state index in [1.54, 1.807) is 0 Å². The number of hydrogen-bond donors (Lipinski definition) is 1. The number of carbonyl (C=O) groups excluding carboxylic acids is 1. The van der Waals surface area contributed by atoms with Gasteiger partial charge >= 0.3 is 0 Å². The molecule has 1 heterocycles. The molecule has 4 atom stereocenters. The Balaban J connectivity index is 1.79.